The predicted octanol–water partition coefficient (Wildman–Crippen LogP) is 3.77. The summed E-state index contributed by atoms with van der Waals surface area (Å²) in [7, 11) is 0. The average Bonchev–Trinajstić information content (AvgIpc) is 2.41. The van der Waals surface area contributed by atoms with E-state index in [1.807, 2.05) is 30.3 Å². The molecule has 0 aliphatic heterocycles. The molecule has 3 heteroatoms. The highest BCUT2D eigenvalue weighted by atomic mass is 79.9. The number of hydrogen-bond donors (Lipinski definition) is 1. The van der Waals surface area contributed by atoms with Gasteiger partial charge in [-0.15, -0.1) is 0 Å². The summed E-state index contributed by atoms with van der Waals surface area (Å²) in [5.41, 5.74) is 1.39. The first-order valence-corrected chi connectivity index (χ1v) is 6.78. The van der Waals surface area contributed by atoms with E-state index in [1.165, 1.54) is 0 Å². The van der Waals surface area contributed by atoms with Gasteiger partial charge in [0.15, 0.2) is 0 Å². The number of hydrogen-bond acceptors (Lipinski definition) is 2. The summed E-state index contributed by atoms with van der Waals surface area (Å²) in [5, 5.41) is 19.5. The molecule has 0 aliphatic carbocycles. The van der Waals surface area contributed by atoms with Gasteiger partial charge in [0.25, 0.3) is 0 Å². The zero-order valence-electron chi connectivity index (χ0n) is 10.6. The van der Waals surface area contributed by atoms with E-state index in [1.54, 1.807) is 25.1 Å². The molecule has 0 saturated heterocycles. The van der Waals surface area contributed by atoms with Gasteiger partial charge in [0.1, 0.15) is 0 Å². The molecular formula is C16H14BrNO. The molecule has 0 bridgehead atoms. The van der Waals surface area contributed by atoms with E-state index in [2.05, 4.69) is 22.0 Å². The summed E-state index contributed by atoms with van der Waals surface area (Å²) in [4.78, 5) is 0. The lowest BCUT2D eigenvalue weighted by atomic mass is 9.88. The second-order valence-electron chi connectivity index (χ2n) is 4.77. The van der Waals surface area contributed by atoms with Gasteiger partial charge < -0.3 is 5.11 Å². The lowest BCUT2D eigenvalue weighted by molar-refractivity contribution is 0.0576. The Bertz CT molecular complexity index is 611. The molecule has 2 nitrogen and oxygen atoms in total. The van der Waals surface area contributed by atoms with Crippen LogP contribution in [0, 0.1) is 11.3 Å². The van der Waals surface area contributed by atoms with Crippen molar-refractivity contribution in [3.63, 3.8) is 0 Å². The van der Waals surface area contributed by atoms with Crippen molar-refractivity contribution in [3.05, 3.63) is 69.7 Å². The fourth-order valence-corrected chi connectivity index (χ4v) is 2.29. The van der Waals surface area contributed by atoms with Crippen molar-refractivity contribution in [2.24, 2.45) is 0 Å². The van der Waals surface area contributed by atoms with Crippen LogP contribution < -0.4 is 0 Å². The molecule has 0 aromatic heterocycles. The number of nitrogens with zero attached hydrogens (tertiary/aromatic N) is 1. The molecule has 1 unspecified atom stereocenters. The second-order valence-corrected chi connectivity index (χ2v) is 5.69. The van der Waals surface area contributed by atoms with Crippen LogP contribution in [0.15, 0.2) is 53.0 Å². The summed E-state index contributed by atoms with van der Waals surface area (Å²) in [6.07, 6.45) is 0.509. The van der Waals surface area contributed by atoms with E-state index < -0.39 is 5.60 Å². The fourth-order valence-electron chi connectivity index (χ4n) is 2.03. The van der Waals surface area contributed by atoms with Crippen molar-refractivity contribution in [2.75, 3.05) is 0 Å². The van der Waals surface area contributed by atoms with Crippen molar-refractivity contribution < 1.29 is 5.11 Å². The van der Waals surface area contributed by atoms with Crippen LogP contribution in [0.2, 0.25) is 0 Å². The summed E-state index contributed by atoms with van der Waals surface area (Å²) < 4.78 is 1.02. The van der Waals surface area contributed by atoms with Crippen LogP contribution in [0.25, 0.3) is 0 Å². The summed E-state index contributed by atoms with van der Waals surface area (Å²) in [6.45, 7) is 1.77. The van der Waals surface area contributed by atoms with Crippen molar-refractivity contribution in [1.29, 1.82) is 5.26 Å². The van der Waals surface area contributed by atoms with Gasteiger partial charge in [0, 0.05) is 10.9 Å². The Morgan fingerprint density at radius 2 is 1.89 bits per heavy atom. The standard InChI is InChI=1S/C16H14BrNO/c1-16(19,10-12-5-7-15(17)8-6-12)14-4-2-3-13(9-14)11-18/h2-9,19H,10H2,1H3. The Morgan fingerprint density at radius 1 is 1.21 bits per heavy atom. The lowest BCUT2D eigenvalue weighted by Gasteiger charge is -2.24. The molecule has 0 heterocycles. The molecule has 2 rings (SSSR count). The minimum Gasteiger partial charge on any atom is -0.385 e. The van der Waals surface area contributed by atoms with Gasteiger partial charge in [-0.2, -0.15) is 5.26 Å². The maximum absolute atomic E-state index is 10.6. The molecule has 1 atom stereocenters. The van der Waals surface area contributed by atoms with Gasteiger partial charge in [0.2, 0.25) is 0 Å². The highest BCUT2D eigenvalue weighted by molar-refractivity contribution is 9.10. The van der Waals surface area contributed by atoms with Crippen LogP contribution in [0.5, 0.6) is 0 Å². The normalized spacial score (nSPS) is 13.6. The maximum Gasteiger partial charge on any atom is 0.0991 e. The van der Waals surface area contributed by atoms with Gasteiger partial charge in [0.05, 0.1) is 17.2 Å². The molecule has 0 fully saturated rings. The van der Waals surface area contributed by atoms with Crippen LogP contribution in [0.1, 0.15) is 23.6 Å². The Balaban J connectivity index is 2.26. The number of rotatable bonds is 3. The van der Waals surface area contributed by atoms with Crippen LogP contribution in [0.3, 0.4) is 0 Å². The van der Waals surface area contributed by atoms with Crippen LogP contribution in [-0.2, 0) is 12.0 Å². The quantitative estimate of drug-likeness (QED) is 0.937. The monoisotopic (exact) mass is 315 g/mol. The minimum absolute atomic E-state index is 0.509. The van der Waals surface area contributed by atoms with E-state index in [4.69, 9.17) is 5.26 Å². The van der Waals surface area contributed by atoms with Crippen molar-refractivity contribution >= 4 is 15.9 Å². The molecule has 2 aromatic rings. The smallest absolute Gasteiger partial charge is 0.0991 e. The Kier molecular flexibility index (Phi) is 4.04. The van der Waals surface area contributed by atoms with E-state index in [0.717, 1.165) is 15.6 Å². The first-order valence-electron chi connectivity index (χ1n) is 5.99. The molecule has 0 aliphatic rings. The zero-order chi connectivity index (χ0) is 13.9. The van der Waals surface area contributed by atoms with Gasteiger partial charge >= 0.3 is 0 Å². The second kappa shape index (κ2) is 5.56. The first-order chi connectivity index (χ1) is 9.01. The number of halogens is 1. The van der Waals surface area contributed by atoms with Crippen molar-refractivity contribution in [2.45, 2.75) is 18.9 Å². The molecule has 2 aromatic carbocycles. The topological polar surface area (TPSA) is 44.0 Å². The first kappa shape index (κ1) is 13.8. The average molecular weight is 316 g/mol. The van der Waals surface area contributed by atoms with Crippen molar-refractivity contribution in [3.8, 4) is 6.07 Å². The van der Waals surface area contributed by atoms with Crippen molar-refractivity contribution in [1.82, 2.24) is 0 Å². The summed E-state index contributed by atoms with van der Waals surface area (Å²) in [5.74, 6) is 0. The van der Waals surface area contributed by atoms with E-state index in [9.17, 15) is 5.11 Å². The summed E-state index contributed by atoms with van der Waals surface area (Å²) in [6, 6.07) is 17.1. The fraction of sp³-hybridized carbons (Fsp3) is 0.188. The van der Waals surface area contributed by atoms with E-state index in [0.29, 0.717) is 12.0 Å². The molecule has 0 amide bonds. The molecular weight excluding hydrogens is 302 g/mol. The van der Waals surface area contributed by atoms with Gasteiger partial charge in [-0.25, -0.2) is 0 Å². The number of aliphatic hydroxyl groups is 1. The lowest BCUT2D eigenvalue weighted by Crippen LogP contribution is -2.24. The van der Waals surface area contributed by atoms with Gasteiger partial charge in [-0.1, -0.05) is 40.2 Å². The Labute approximate surface area is 121 Å². The Morgan fingerprint density at radius 3 is 2.53 bits per heavy atom. The molecule has 0 spiro atoms. The number of benzene rings is 2. The molecule has 96 valence electrons. The van der Waals surface area contributed by atoms with E-state index >= 15 is 0 Å². The van der Waals surface area contributed by atoms with Crippen LogP contribution in [-0.4, -0.2) is 5.11 Å². The minimum atomic E-state index is -0.985. The molecule has 19 heavy (non-hydrogen) atoms. The Hall–Kier alpha value is -1.63. The van der Waals surface area contributed by atoms with Gasteiger partial charge in [-0.3, -0.25) is 0 Å². The van der Waals surface area contributed by atoms with E-state index in [-0.39, 0.29) is 0 Å². The third-order valence-electron chi connectivity index (χ3n) is 3.08. The highest BCUT2D eigenvalue weighted by Gasteiger charge is 2.23. The molecule has 0 radical (unpaired) electrons. The SMILES string of the molecule is CC(O)(Cc1ccc(Br)cc1)c1cccc(C#N)c1. The maximum atomic E-state index is 10.6. The third kappa shape index (κ3) is 3.44. The largest absolute Gasteiger partial charge is 0.385 e. The highest BCUT2D eigenvalue weighted by Crippen LogP contribution is 2.26. The molecule has 1 N–H and O–H groups in total. The predicted molar refractivity (Wildman–Crippen MR) is 78.6 cm³/mol. The number of nitriles is 1. The van der Waals surface area contributed by atoms with Crippen LogP contribution >= 0.6 is 15.9 Å². The third-order valence-corrected chi connectivity index (χ3v) is 3.60. The van der Waals surface area contributed by atoms with Gasteiger partial charge in [-0.05, 0) is 42.3 Å². The van der Waals surface area contributed by atoms with Crippen LogP contribution in [0.4, 0.5) is 0 Å². The molecule has 0 saturated carbocycles. The summed E-state index contributed by atoms with van der Waals surface area (Å²) >= 11 is 3.39. The zero-order valence-corrected chi connectivity index (χ0v) is 12.2.